The van der Waals surface area contributed by atoms with Crippen LogP contribution in [0, 0.1) is 0 Å². The molecule has 1 N–H and O–H groups in total. The molecule has 0 aliphatic rings. The summed E-state index contributed by atoms with van der Waals surface area (Å²) in [5.41, 5.74) is 0. The Kier molecular flexibility index (Phi) is 7.84. The zero-order valence-corrected chi connectivity index (χ0v) is 8.21. The first-order valence-electron chi connectivity index (χ1n) is 3.57. The lowest BCUT2D eigenvalue weighted by atomic mass is 10.3. The Hall–Kier alpha value is -0.0200. The molecule has 0 amide bonds. The molecule has 12 heavy (non-hydrogen) atoms. The highest BCUT2D eigenvalue weighted by atomic mass is 31.1. The van der Waals surface area contributed by atoms with E-state index in [1.54, 1.807) is 0 Å². The molecule has 0 fully saturated rings. The summed E-state index contributed by atoms with van der Waals surface area (Å²) in [6.07, 6.45) is 0. The summed E-state index contributed by atoms with van der Waals surface area (Å²) < 4.78 is 15.0. The summed E-state index contributed by atoms with van der Waals surface area (Å²) in [6.45, 7) is 7.61. The zero-order valence-electron chi connectivity index (χ0n) is 7.31. The third-order valence-electron chi connectivity index (χ3n) is 1.18. The molecule has 0 aromatic rings. The molecule has 0 bridgehead atoms. The SMILES string of the molecule is C.CC(C)N(O[P+](=O)O)C(C)C. The molecule has 1 atom stereocenters. The molecule has 0 aromatic carbocycles. The Labute approximate surface area is 75.4 Å². The van der Waals surface area contributed by atoms with Gasteiger partial charge in [0.15, 0.2) is 0 Å². The summed E-state index contributed by atoms with van der Waals surface area (Å²) in [7, 11) is -2.53. The van der Waals surface area contributed by atoms with E-state index in [0.717, 1.165) is 0 Å². The maximum atomic E-state index is 10.3. The Bertz CT molecular complexity index is 131. The van der Waals surface area contributed by atoms with E-state index in [-0.39, 0.29) is 19.5 Å². The largest absolute Gasteiger partial charge is 0.713 e. The molecular weight excluding hydrogens is 177 g/mol. The highest BCUT2D eigenvalue weighted by molar-refractivity contribution is 7.32. The minimum atomic E-state index is -2.53. The van der Waals surface area contributed by atoms with Gasteiger partial charge in [-0.3, -0.25) is 0 Å². The van der Waals surface area contributed by atoms with E-state index in [9.17, 15) is 4.57 Å². The molecule has 74 valence electrons. The van der Waals surface area contributed by atoms with Crippen molar-refractivity contribution in [2.75, 3.05) is 0 Å². The van der Waals surface area contributed by atoms with E-state index >= 15 is 0 Å². The molecule has 0 aliphatic carbocycles. The van der Waals surface area contributed by atoms with E-state index in [4.69, 9.17) is 4.89 Å². The molecule has 1 unspecified atom stereocenters. The molecule has 5 heteroatoms. The monoisotopic (exact) mass is 196 g/mol. The number of nitrogens with zero attached hydrogens (tertiary/aromatic N) is 1. The summed E-state index contributed by atoms with van der Waals surface area (Å²) in [6, 6.07) is 0.224. The van der Waals surface area contributed by atoms with Gasteiger partial charge in [-0.25, -0.2) is 0 Å². The van der Waals surface area contributed by atoms with Crippen molar-refractivity contribution >= 4 is 8.25 Å². The van der Waals surface area contributed by atoms with Crippen LogP contribution >= 0.6 is 8.25 Å². The fraction of sp³-hybridized carbons (Fsp3) is 1.00. The molecular formula is C7H19NO3P+. The maximum Gasteiger partial charge on any atom is 0.713 e. The predicted molar refractivity (Wildman–Crippen MR) is 49.8 cm³/mol. The quantitative estimate of drug-likeness (QED) is 0.553. The lowest BCUT2D eigenvalue weighted by Crippen LogP contribution is -2.34. The second-order valence-electron chi connectivity index (χ2n) is 2.87. The standard InChI is InChI=1S/C6H14NO3P.CH4/c1-5(2)7(6(3)4)10-11(8)9;/h5-6H,1-4H3;1H4/p+1. The van der Waals surface area contributed by atoms with Crippen LogP contribution in [0.25, 0.3) is 0 Å². The Morgan fingerprint density at radius 2 is 1.58 bits per heavy atom. The predicted octanol–water partition coefficient (Wildman–Crippen LogP) is 2.32. The first-order chi connectivity index (χ1) is 4.95. The van der Waals surface area contributed by atoms with E-state index < -0.39 is 8.25 Å². The summed E-state index contributed by atoms with van der Waals surface area (Å²) in [5.74, 6) is 0. The average Bonchev–Trinajstić information content (AvgIpc) is 1.81. The van der Waals surface area contributed by atoms with Crippen molar-refractivity contribution in [3.63, 3.8) is 0 Å². The van der Waals surface area contributed by atoms with Gasteiger partial charge in [-0.1, -0.05) is 7.43 Å². The molecule has 0 heterocycles. The number of hydrogen-bond donors (Lipinski definition) is 1. The van der Waals surface area contributed by atoms with E-state index in [1.165, 1.54) is 5.06 Å². The van der Waals surface area contributed by atoms with Gasteiger partial charge in [-0.05, 0) is 32.3 Å². The van der Waals surface area contributed by atoms with Crippen LogP contribution in [-0.2, 0) is 9.19 Å². The normalized spacial score (nSPS) is 12.2. The number of rotatable bonds is 4. The van der Waals surface area contributed by atoms with Gasteiger partial charge in [0, 0.05) is 16.6 Å². The van der Waals surface area contributed by atoms with Crippen LogP contribution < -0.4 is 0 Å². The van der Waals surface area contributed by atoms with Crippen LogP contribution in [0.1, 0.15) is 35.1 Å². The fourth-order valence-corrected chi connectivity index (χ4v) is 1.40. The smallest absolute Gasteiger partial charge is 0.132 e. The Balaban J connectivity index is 0. The van der Waals surface area contributed by atoms with Crippen molar-refractivity contribution in [2.45, 2.75) is 47.2 Å². The topological polar surface area (TPSA) is 49.8 Å². The molecule has 0 aliphatic heterocycles. The lowest BCUT2D eigenvalue weighted by molar-refractivity contribution is -0.112. The van der Waals surface area contributed by atoms with Gasteiger partial charge in [-0.2, -0.15) is 0 Å². The van der Waals surface area contributed by atoms with Crippen molar-refractivity contribution in [1.29, 1.82) is 0 Å². The fourth-order valence-electron chi connectivity index (χ4n) is 0.866. The number of hydroxylamine groups is 2. The van der Waals surface area contributed by atoms with Crippen LogP contribution in [0.15, 0.2) is 0 Å². The van der Waals surface area contributed by atoms with Crippen molar-refractivity contribution < 1.29 is 14.1 Å². The minimum Gasteiger partial charge on any atom is -0.132 e. The van der Waals surface area contributed by atoms with E-state index in [0.29, 0.717) is 0 Å². The van der Waals surface area contributed by atoms with Gasteiger partial charge in [0.25, 0.3) is 0 Å². The Morgan fingerprint density at radius 1 is 1.25 bits per heavy atom. The molecule has 0 radical (unpaired) electrons. The Morgan fingerprint density at radius 3 is 1.67 bits per heavy atom. The van der Waals surface area contributed by atoms with Gasteiger partial charge in [0.05, 0.1) is 0 Å². The first-order valence-corrected chi connectivity index (χ1v) is 4.70. The molecule has 4 nitrogen and oxygen atoms in total. The van der Waals surface area contributed by atoms with Crippen molar-refractivity contribution in [3.8, 4) is 0 Å². The van der Waals surface area contributed by atoms with Crippen LogP contribution in [-0.4, -0.2) is 22.0 Å². The molecule has 0 aromatic heterocycles. The molecule has 0 rings (SSSR count). The third kappa shape index (κ3) is 5.61. The van der Waals surface area contributed by atoms with E-state index in [2.05, 4.69) is 4.62 Å². The number of hydrogen-bond acceptors (Lipinski definition) is 3. The third-order valence-corrected chi connectivity index (χ3v) is 1.51. The van der Waals surface area contributed by atoms with Crippen LogP contribution in [0.2, 0.25) is 0 Å². The highest BCUT2D eigenvalue weighted by Crippen LogP contribution is 2.21. The minimum absolute atomic E-state index is 0. The molecule has 0 spiro atoms. The molecule has 0 saturated heterocycles. The van der Waals surface area contributed by atoms with Gasteiger partial charge < -0.3 is 0 Å². The average molecular weight is 196 g/mol. The second kappa shape index (κ2) is 6.49. The first kappa shape index (κ1) is 14.5. The maximum absolute atomic E-state index is 10.3. The van der Waals surface area contributed by atoms with Crippen molar-refractivity contribution in [3.05, 3.63) is 0 Å². The van der Waals surface area contributed by atoms with E-state index in [1.807, 2.05) is 27.7 Å². The van der Waals surface area contributed by atoms with Crippen molar-refractivity contribution in [2.24, 2.45) is 0 Å². The molecule has 0 saturated carbocycles. The highest BCUT2D eigenvalue weighted by Gasteiger charge is 2.25. The van der Waals surface area contributed by atoms with Crippen LogP contribution in [0.5, 0.6) is 0 Å². The van der Waals surface area contributed by atoms with Gasteiger partial charge in [-0.15, -0.1) is 9.96 Å². The van der Waals surface area contributed by atoms with Gasteiger partial charge in [0.2, 0.25) is 0 Å². The van der Waals surface area contributed by atoms with Gasteiger partial charge in [0.1, 0.15) is 0 Å². The van der Waals surface area contributed by atoms with Crippen molar-refractivity contribution in [1.82, 2.24) is 5.06 Å². The van der Waals surface area contributed by atoms with Gasteiger partial charge >= 0.3 is 8.25 Å². The zero-order chi connectivity index (χ0) is 9.02. The summed E-state index contributed by atoms with van der Waals surface area (Å²) in [5, 5.41) is 1.50. The summed E-state index contributed by atoms with van der Waals surface area (Å²) in [4.78, 5) is 8.47. The second-order valence-corrected chi connectivity index (χ2v) is 3.51. The van der Waals surface area contributed by atoms with Crippen LogP contribution in [0.3, 0.4) is 0 Å². The lowest BCUT2D eigenvalue weighted by Gasteiger charge is -2.21. The summed E-state index contributed by atoms with van der Waals surface area (Å²) >= 11 is 0. The van der Waals surface area contributed by atoms with Crippen LogP contribution in [0.4, 0.5) is 0 Å².